The van der Waals surface area contributed by atoms with Crippen LogP contribution in [0.1, 0.15) is 32.3 Å². The molecule has 0 amide bonds. The van der Waals surface area contributed by atoms with E-state index < -0.39 is 0 Å². The molecule has 100 valence electrons. The van der Waals surface area contributed by atoms with Gasteiger partial charge in [-0.2, -0.15) is 0 Å². The molecule has 0 heterocycles. The Morgan fingerprint density at radius 1 is 1.11 bits per heavy atom. The molecule has 0 bridgehead atoms. The molecule has 1 rings (SSSR count). The minimum absolute atomic E-state index is 0.900. The van der Waals surface area contributed by atoms with Gasteiger partial charge in [0, 0.05) is 19.6 Å². The van der Waals surface area contributed by atoms with E-state index in [0.717, 1.165) is 38.4 Å². The summed E-state index contributed by atoms with van der Waals surface area (Å²) in [5.74, 6) is 0.932. The molecule has 18 heavy (non-hydrogen) atoms. The lowest BCUT2D eigenvalue weighted by molar-refractivity contribution is 0.767. The van der Waals surface area contributed by atoms with E-state index in [4.69, 9.17) is 0 Å². The van der Waals surface area contributed by atoms with Crippen LogP contribution in [0.25, 0.3) is 0 Å². The highest BCUT2D eigenvalue weighted by Gasteiger charge is 1.96. The Morgan fingerprint density at radius 2 is 1.89 bits per heavy atom. The number of guanidine groups is 1. The first kappa shape index (κ1) is 14.6. The lowest BCUT2D eigenvalue weighted by Crippen LogP contribution is -2.38. The van der Waals surface area contributed by atoms with Crippen LogP contribution in [0, 0.1) is 0 Å². The zero-order valence-electron chi connectivity index (χ0n) is 11.6. The van der Waals surface area contributed by atoms with Crippen LogP contribution in [-0.4, -0.2) is 25.6 Å². The molecular weight excluding hydrogens is 222 g/mol. The highest BCUT2D eigenvalue weighted by molar-refractivity contribution is 5.79. The lowest BCUT2D eigenvalue weighted by atomic mass is 10.1. The predicted molar refractivity (Wildman–Crippen MR) is 79.0 cm³/mol. The molecule has 0 aromatic heterocycles. The van der Waals surface area contributed by atoms with Crippen LogP contribution in [0.15, 0.2) is 35.3 Å². The number of nitrogens with one attached hydrogen (secondary N) is 2. The number of benzene rings is 1. The Morgan fingerprint density at radius 3 is 2.56 bits per heavy atom. The summed E-state index contributed by atoms with van der Waals surface area (Å²) in [6, 6.07) is 10.5. The van der Waals surface area contributed by atoms with Gasteiger partial charge in [-0.1, -0.05) is 43.7 Å². The standard InChI is InChI=1S/C15H25N3/c1-3-5-12-17-15(16-4-2)18-13-11-14-9-7-6-8-10-14/h6-10H,3-5,11-13H2,1-2H3,(H2,16,17,18). The summed E-state index contributed by atoms with van der Waals surface area (Å²) < 4.78 is 0. The molecule has 0 atom stereocenters. The van der Waals surface area contributed by atoms with Gasteiger partial charge < -0.3 is 10.6 Å². The molecule has 0 saturated heterocycles. The summed E-state index contributed by atoms with van der Waals surface area (Å²) in [5, 5.41) is 6.63. The van der Waals surface area contributed by atoms with Gasteiger partial charge in [-0.15, -0.1) is 0 Å². The van der Waals surface area contributed by atoms with Crippen molar-refractivity contribution in [3.63, 3.8) is 0 Å². The van der Waals surface area contributed by atoms with Crippen LogP contribution >= 0.6 is 0 Å². The minimum atomic E-state index is 0.900. The molecule has 2 N–H and O–H groups in total. The second-order valence-electron chi connectivity index (χ2n) is 4.28. The molecule has 3 nitrogen and oxygen atoms in total. The largest absolute Gasteiger partial charge is 0.357 e. The van der Waals surface area contributed by atoms with Crippen LogP contribution in [0.4, 0.5) is 0 Å². The zero-order valence-corrected chi connectivity index (χ0v) is 11.6. The summed E-state index contributed by atoms with van der Waals surface area (Å²) in [5.41, 5.74) is 1.36. The van der Waals surface area contributed by atoms with Gasteiger partial charge in [0.25, 0.3) is 0 Å². The molecule has 1 aromatic carbocycles. The average molecular weight is 247 g/mol. The van der Waals surface area contributed by atoms with Crippen molar-refractivity contribution in [2.24, 2.45) is 4.99 Å². The normalized spacial score (nSPS) is 11.3. The molecule has 0 spiro atoms. The Balaban J connectivity index is 2.31. The van der Waals surface area contributed by atoms with Crippen LogP contribution < -0.4 is 10.6 Å². The first-order valence-corrected chi connectivity index (χ1v) is 6.93. The maximum absolute atomic E-state index is 4.53. The molecular formula is C15H25N3. The van der Waals surface area contributed by atoms with Crippen LogP contribution in [-0.2, 0) is 6.42 Å². The quantitative estimate of drug-likeness (QED) is 0.441. The lowest BCUT2D eigenvalue weighted by Gasteiger charge is -2.11. The molecule has 1 aromatic rings. The van der Waals surface area contributed by atoms with E-state index in [2.05, 4.69) is 53.7 Å². The molecule has 0 aliphatic heterocycles. The van der Waals surface area contributed by atoms with E-state index >= 15 is 0 Å². The summed E-state index contributed by atoms with van der Waals surface area (Å²) in [4.78, 5) is 4.53. The third kappa shape index (κ3) is 6.28. The monoisotopic (exact) mass is 247 g/mol. The van der Waals surface area contributed by atoms with Crippen LogP contribution in [0.3, 0.4) is 0 Å². The zero-order chi connectivity index (χ0) is 13.1. The van der Waals surface area contributed by atoms with Gasteiger partial charge in [0.05, 0.1) is 0 Å². The fraction of sp³-hybridized carbons (Fsp3) is 0.533. The van der Waals surface area contributed by atoms with Gasteiger partial charge in [0.1, 0.15) is 0 Å². The molecule has 3 heteroatoms. The van der Waals surface area contributed by atoms with E-state index in [1.165, 1.54) is 12.0 Å². The number of rotatable bonds is 7. The third-order valence-corrected chi connectivity index (χ3v) is 2.67. The number of nitrogens with zero attached hydrogens (tertiary/aromatic N) is 1. The third-order valence-electron chi connectivity index (χ3n) is 2.67. The molecule has 0 aliphatic rings. The maximum atomic E-state index is 4.53. The Kier molecular flexibility index (Phi) is 7.69. The van der Waals surface area contributed by atoms with Gasteiger partial charge in [0.2, 0.25) is 0 Å². The maximum Gasteiger partial charge on any atom is 0.191 e. The topological polar surface area (TPSA) is 36.4 Å². The van der Waals surface area contributed by atoms with Crippen molar-refractivity contribution >= 4 is 5.96 Å². The number of hydrogen-bond donors (Lipinski definition) is 2. The minimum Gasteiger partial charge on any atom is -0.357 e. The molecule has 0 fully saturated rings. The number of hydrogen-bond acceptors (Lipinski definition) is 1. The van der Waals surface area contributed by atoms with Crippen molar-refractivity contribution in [3.05, 3.63) is 35.9 Å². The van der Waals surface area contributed by atoms with Gasteiger partial charge >= 0.3 is 0 Å². The van der Waals surface area contributed by atoms with Crippen molar-refractivity contribution in [2.75, 3.05) is 19.6 Å². The van der Waals surface area contributed by atoms with E-state index in [9.17, 15) is 0 Å². The van der Waals surface area contributed by atoms with Crippen molar-refractivity contribution in [1.82, 2.24) is 10.6 Å². The smallest absolute Gasteiger partial charge is 0.191 e. The highest BCUT2D eigenvalue weighted by atomic mass is 15.2. The first-order chi connectivity index (χ1) is 8.86. The van der Waals surface area contributed by atoms with Gasteiger partial charge in [-0.3, -0.25) is 4.99 Å². The van der Waals surface area contributed by atoms with Gasteiger partial charge in [0.15, 0.2) is 5.96 Å². The summed E-state index contributed by atoms with van der Waals surface area (Å²) >= 11 is 0. The fourth-order valence-corrected chi connectivity index (χ4v) is 1.66. The van der Waals surface area contributed by atoms with Crippen molar-refractivity contribution in [1.29, 1.82) is 0 Å². The van der Waals surface area contributed by atoms with E-state index in [-0.39, 0.29) is 0 Å². The number of aliphatic imine (C=N–C) groups is 1. The number of unbranched alkanes of at least 4 members (excludes halogenated alkanes) is 1. The van der Waals surface area contributed by atoms with E-state index in [1.54, 1.807) is 0 Å². The van der Waals surface area contributed by atoms with Crippen LogP contribution in [0.5, 0.6) is 0 Å². The molecule has 0 unspecified atom stereocenters. The highest BCUT2D eigenvalue weighted by Crippen LogP contribution is 1.98. The van der Waals surface area contributed by atoms with Gasteiger partial charge in [-0.25, -0.2) is 0 Å². The average Bonchev–Trinajstić information content (AvgIpc) is 2.40. The SMILES string of the molecule is CCCCN=C(NCC)NCCc1ccccc1. The van der Waals surface area contributed by atoms with Gasteiger partial charge in [-0.05, 0) is 25.3 Å². The fourth-order valence-electron chi connectivity index (χ4n) is 1.66. The second-order valence-corrected chi connectivity index (χ2v) is 4.28. The van der Waals surface area contributed by atoms with E-state index in [0.29, 0.717) is 0 Å². The molecule has 0 radical (unpaired) electrons. The first-order valence-electron chi connectivity index (χ1n) is 6.93. The van der Waals surface area contributed by atoms with Crippen molar-refractivity contribution in [3.8, 4) is 0 Å². The summed E-state index contributed by atoms with van der Waals surface area (Å²) in [7, 11) is 0. The predicted octanol–water partition coefficient (Wildman–Crippen LogP) is 2.58. The van der Waals surface area contributed by atoms with Crippen molar-refractivity contribution < 1.29 is 0 Å². The molecule has 0 saturated carbocycles. The Hall–Kier alpha value is -1.51. The van der Waals surface area contributed by atoms with Crippen LogP contribution in [0.2, 0.25) is 0 Å². The second kappa shape index (κ2) is 9.51. The van der Waals surface area contributed by atoms with E-state index in [1.807, 2.05) is 6.07 Å². The molecule has 0 aliphatic carbocycles. The Labute approximate surface area is 111 Å². The summed E-state index contributed by atoms with van der Waals surface area (Å²) in [6.45, 7) is 7.00. The summed E-state index contributed by atoms with van der Waals surface area (Å²) in [6.07, 6.45) is 3.36. The Bertz CT molecular complexity index is 333. The van der Waals surface area contributed by atoms with Crippen molar-refractivity contribution in [2.45, 2.75) is 33.1 Å².